The van der Waals surface area contributed by atoms with E-state index in [1.807, 2.05) is 0 Å². The van der Waals surface area contributed by atoms with Gasteiger partial charge < -0.3 is 15.2 Å². The molecule has 1 aromatic heterocycles. The maximum Gasteiger partial charge on any atom is 0.422 e. The van der Waals surface area contributed by atoms with Crippen LogP contribution >= 0.6 is 0 Å². The topological polar surface area (TPSA) is 88.5 Å². The van der Waals surface area contributed by atoms with E-state index in [1.54, 1.807) is 0 Å². The molecule has 1 aromatic rings. The van der Waals surface area contributed by atoms with E-state index in [-0.39, 0.29) is 24.9 Å². The molecular formula is C12H13F3N2O4. The number of ether oxygens (including phenoxy) is 1. The van der Waals surface area contributed by atoms with E-state index < -0.39 is 30.5 Å². The summed E-state index contributed by atoms with van der Waals surface area (Å²) in [6, 6.07) is 2.65. The molecule has 21 heavy (non-hydrogen) atoms. The molecule has 0 atom stereocenters. The molecule has 0 aliphatic rings. The molecule has 0 saturated heterocycles. The second-order valence-electron chi connectivity index (χ2n) is 4.01. The zero-order valence-electron chi connectivity index (χ0n) is 10.8. The molecular weight excluding hydrogens is 293 g/mol. The number of aliphatic carboxylic acids is 1. The maximum absolute atomic E-state index is 12.1. The molecule has 6 nitrogen and oxygen atoms in total. The highest BCUT2D eigenvalue weighted by Crippen LogP contribution is 2.19. The van der Waals surface area contributed by atoms with Crippen LogP contribution in [0.25, 0.3) is 0 Å². The SMILES string of the molecule is O=C(O)CCCNC(=O)c1cccnc1OCC(F)(F)F. The molecule has 0 radical (unpaired) electrons. The second-order valence-corrected chi connectivity index (χ2v) is 4.01. The fourth-order valence-corrected chi connectivity index (χ4v) is 1.37. The molecule has 1 amide bonds. The fraction of sp³-hybridized carbons (Fsp3) is 0.417. The predicted octanol–water partition coefficient (Wildman–Crippen LogP) is 1.62. The normalized spacial score (nSPS) is 11.0. The van der Waals surface area contributed by atoms with Crippen LogP contribution in [0.2, 0.25) is 0 Å². The van der Waals surface area contributed by atoms with E-state index in [1.165, 1.54) is 18.3 Å². The van der Waals surface area contributed by atoms with Gasteiger partial charge in [0.1, 0.15) is 5.56 Å². The zero-order chi connectivity index (χ0) is 15.9. The van der Waals surface area contributed by atoms with E-state index in [0.717, 1.165) is 0 Å². The van der Waals surface area contributed by atoms with Gasteiger partial charge in [-0.25, -0.2) is 4.98 Å². The summed E-state index contributed by atoms with van der Waals surface area (Å²) in [5, 5.41) is 10.8. The van der Waals surface area contributed by atoms with Crippen LogP contribution in [0.15, 0.2) is 18.3 Å². The fourth-order valence-electron chi connectivity index (χ4n) is 1.37. The Morgan fingerprint density at radius 3 is 2.71 bits per heavy atom. The molecule has 0 spiro atoms. The van der Waals surface area contributed by atoms with Gasteiger partial charge in [0.25, 0.3) is 5.91 Å². The first-order chi connectivity index (χ1) is 9.79. The number of amides is 1. The average molecular weight is 306 g/mol. The number of alkyl halides is 3. The number of carbonyl (C=O) groups is 2. The molecule has 1 rings (SSSR count). The van der Waals surface area contributed by atoms with E-state index in [9.17, 15) is 22.8 Å². The molecule has 0 aromatic carbocycles. The number of carbonyl (C=O) groups excluding carboxylic acids is 1. The first-order valence-electron chi connectivity index (χ1n) is 5.94. The van der Waals surface area contributed by atoms with Crippen LogP contribution in [0.5, 0.6) is 5.88 Å². The van der Waals surface area contributed by atoms with Crippen molar-refractivity contribution in [3.8, 4) is 5.88 Å². The largest absolute Gasteiger partial charge is 0.481 e. The van der Waals surface area contributed by atoms with E-state index in [2.05, 4.69) is 15.0 Å². The number of hydrogen-bond donors (Lipinski definition) is 2. The van der Waals surface area contributed by atoms with Crippen molar-refractivity contribution < 1.29 is 32.6 Å². The van der Waals surface area contributed by atoms with Crippen molar-refractivity contribution in [2.75, 3.05) is 13.2 Å². The Balaban J connectivity index is 2.60. The molecule has 0 aliphatic heterocycles. The third-order valence-corrected chi connectivity index (χ3v) is 2.24. The number of pyridine rings is 1. The molecule has 9 heteroatoms. The monoisotopic (exact) mass is 306 g/mol. The van der Waals surface area contributed by atoms with Crippen LogP contribution in [0, 0.1) is 0 Å². The first kappa shape index (κ1) is 16.7. The quantitative estimate of drug-likeness (QED) is 0.747. The van der Waals surface area contributed by atoms with Crippen LogP contribution in [0.1, 0.15) is 23.2 Å². The molecule has 0 unspecified atom stereocenters. The standard InChI is InChI=1S/C12H13F3N2O4/c13-12(14,15)7-21-11-8(3-1-6-17-11)10(20)16-5-2-4-9(18)19/h1,3,6H,2,4-5,7H2,(H,16,20)(H,18,19). The van der Waals surface area contributed by atoms with Crippen LogP contribution in [-0.4, -0.2) is 41.3 Å². The minimum Gasteiger partial charge on any atom is -0.481 e. The van der Waals surface area contributed by atoms with Gasteiger partial charge in [0.15, 0.2) is 6.61 Å². The highest BCUT2D eigenvalue weighted by molar-refractivity contribution is 5.96. The number of rotatable bonds is 7. The zero-order valence-corrected chi connectivity index (χ0v) is 10.8. The lowest BCUT2D eigenvalue weighted by Gasteiger charge is -2.11. The van der Waals surface area contributed by atoms with Gasteiger partial charge in [-0.05, 0) is 18.6 Å². The lowest BCUT2D eigenvalue weighted by molar-refractivity contribution is -0.154. The third-order valence-electron chi connectivity index (χ3n) is 2.24. The molecule has 0 aliphatic carbocycles. The number of halogens is 3. The Hall–Kier alpha value is -2.32. The summed E-state index contributed by atoms with van der Waals surface area (Å²) in [5.74, 6) is -2.10. The van der Waals surface area contributed by atoms with Gasteiger partial charge in [-0.3, -0.25) is 9.59 Å². The number of aromatic nitrogens is 1. The Bertz CT molecular complexity index is 506. The van der Waals surface area contributed by atoms with Crippen molar-refractivity contribution in [2.45, 2.75) is 19.0 Å². The molecule has 116 valence electrons. The predicted molar refractivity (Wildman–Crippen MR) is 65.0 cm³/mol. The van der Waals surface area contributed by atoms with Gasteiger partial charge in [0, 0.05) is 19.2 Å². The maximum atomic E-state index is 12.1. The summed E-state index contributed by atoms with van der Waals surface area (Å²) in [7, 11) is 0. The van der Waals surface area contributed by atoms with Gasteiger partial charge >= 0.3 is 12.1 Å². The van der Waals surface area contributed by atoms with Crippen molar-refractivity contribution in [1.82, 2.24) is 10.3 Å². The molecule has 0 saturated carbocycles. The lowest BCUT2D eigenvalue weighted by atomic mass is 10.2. The van der Waals surface area contributed by atoms with Gasteiger partial charge in [0.2, 0.25) is 5.88 Å². The number of carboxylic acid groups (broad SMARTS) is 1. The van der Waals surface area contributed by atoms with Crippen molar-refractivity contribution in [1.29, 1.82) is 0 Å². The van der Waals surface area contributed by atoms with Gasteiger partial charge in [-0.1, -0.05) is 0 Å². The Morgan fingerprint density at radius 2 is 2.10 bits per heavy atom. The highest BCUT2D eigenvalue weighted by atomic mass is 19.4. The van der Waals surface area contributed by atoms with Crippen LogP contribution < -0.4 is 10.1 Å². The summed E-state index contributed by atoms with van der Waals surface area (Å²) in [4.78, 5) is 25.7. The molecule has 0 fully saturated rings. The smallest absolute Gasteiger partial charge is 0.422 e. The number of nitrogens with zero attached hydrogens (tertiary/aromatic N) is 1. The third kappa shape index (κ3) is 6.59. The first-order valence-corrected chi connectivity index (χ1v) is 5.94. The van der Waals surface area contributed by atoms with Crippen molar-refractivity contribution in [3.05, 3.63) is 23.9 Å². The summed E-state index contributed by atoms with van der Waals surface area (Å²) < 4.78 is 40.7. The Labute approximate surface area is 117 Å². The van der Waals surface area contributed by atoms with E-state index in [0.29, 0.717) is 0 Å². The molecule has 2 N–H and O–H groups in total. The number of nitrogens with one attached hydrogen (secondary N) is 1. The van der Waals surface area contributed by atoms with E-state index in [4.69, 9.17) is 5.11 Å². The number of carboxylic acids is 1. The molecule has 0 bridgehead atoms. The van der Waals surface area contributed by atoms with Crippen molar-refractivity contribution >= 4 is 11.9 Å². The van der Waals surface area contributed by atoms with Gasteiger partial charge in [0.05, 0.1) is 0 Å². The van der Waals surface area contributed by atoms with Crippen LogP contribution in [0.4, 0.5) is 13.2 Å². The molecule has 1 heterocycles. The van der Waals surface area contributed by atoms with E-state index >= 15 is 0 Å². The van der Waals surface area contributed by atoms with Crippen LogP contribution in [-0.2, 0) is 4.79 Å². The summed E-state index contributed by atoms with van der Waals surface area (Å²) in [6.45, 7) is -1.47. The number of hydrogen-bond acceptors (Lipinski definition) is 4. The lowest BCUT2D eigenvalue weighted by Crippen LogP contribution is -2.27. The van der Waals surface area contributed by atoms with Gasteiger partial charge in [-0.2, -0.15) is 13.2 Å². The second kappa shape index (κ2) is 7.46. The average Bonchev–Trinajstić information content (AvgIpc) is 2.40. The summed E-state index contributed by atoms with van der Waals surface area (Å²) in [5.41, 5.74) is -0.142. The Kier molecular flexibility index (Phi) is 5.94. The van der Waals surface area contributed by atoms with Crippen molar-refractivity contribution in [3.63, 3.8) is 0 Å². The summed E-state index contributed by atoms with van der Waals surface area (Å²) >= 11 is 0. The minimum absolute atomic E-state index is 0.0821. The summed E-state index contributed by atoms with van der Waals surface area (Å²) in [6.07, 6.45) is -3.25. The Morgan fingerprint density at radius 1 is 1.38 bits per heavy atom. The van der Waals surface area contributed by atoms with Gasteiger partial charge in [-0.15, -0.1) is 0 Å². The highest BCUT2D eigenvalue weighted by Gasteiger charge is 2.29. The van der Waals surface area contributed by atoms with Crippen LogP contribution in [0.3, 0.4) is 0 Å². The van der Waals surface area contributed by atoms with Crippen molar-refractivity contribution in [2.24, 2.45) is 0 Å². The minimum atomic E-state index is -4.53.